The first-order chi connectivity index (χ1) is 12.7. The lowest BCUT2D eigenvalue weighted by molar-refractivity contribution is 0.00578. The Labute approximate surface area is 175 Å². The van der Waals surface area contributed by atoms with Gasteiger partial charge in [-0.25, -0.2) is 4.79 Å². The Morgan fingerprint density at radius 1 is 1.25 bits per heavy atom. The molecule has 0 aromatic heterocycles. The van der Waals surface area contributed by atoms with Crippen molar-refractivity contribution in [3.8, 4) is 5.75 Å². The lowest BCUT2D eigenvalue weighted by Gasteiger charge is -2.32. The fraction of sp³-hybridized carbons (Fsp3) is 0.550. The second-order valence-electron chi connectivity index (χ2n) is 8.87. The van der Waals surface area contributed by atoms with E-state index in [1.54, 1.807) is 45.0 Å². The number of rotatable bonds is 4. The predicted octanol–water partition coefficient (Wildman–Crippen LogP) is 4.69. The van der Waals surface area contributed by atoms with E-state index >= 15 is 0 Å². The molecule has 6 nitrogen and oxygen atoms in total. The molecular formula is C20H29BBrNO5. The van der Waals surface area contributed by atoms with Crippen LogP contribution in [0, 0.1) is 0 Å². The number of hydrogen-bond acceptors (Lipinski definition) is 5. The second kappa shape index (κ2) is 8.09. The maximum atomic E-state index is 12.1. The van der Waals surface area contributed by atoms with Crippen molar-refractivity contribution in [2.24, 2.45) is 0 Å². The van der Waals surface area contributed by atoms with Gasteiger partial charge in [0.05, 0.1) is 11.2 Å². The van der Waals surface area contributed by atoms with Crippen LogP contribution in [-0.2, 0) is 14.0 Å². The van der Waals surface area contributed by atoms with E-state index < -0.39 is 30.0 Å². The minimum Gasteiger partial charge on any atom is -0.507 e. The number of amides is 1. The van der Waals surface area contributed by atoms with Crippen LogP contribution >= 0.6 is 15.9 Å². The maximum Gasteiger partial charge on any atom is 0.492 e. The van der Waals surface area contributed by atoms with Gasteiger partial charge >= 0.3 is 13.2 Å². The van der Waals surface area contributed by atoms with Crippen LogP contribution in [0.3, 0.4) is 0 Å². The van der Waals surface area contributed by atoms with Gasteiger partial charge in [0.15, 0.2) is 0 Å². The number of aromatic hydroxyl groups is 1. The van der Waals surface area contributed by atoms with Crippen molar-refractivity contribution in [2.75, 3.05) is 6.54 Å². The van der Waals surface area contributed by atoms with Crippen LogP contribution in [-0.4, -0.2) is 41.7 Å². The number of alkyl carbamates (subject to hydrolysis) is 1. The molecule has 2 rings (SSSR count). The van der Waals surface area contributed by atoms with Gasteiger partial charge in [0.1, 0.15) is 11.4 Å². The molecular weight excluding hydrogens is 425 g/mol. The first kappa shape index (κ1) is 22.8. The molecule has 1 fully saturated rings. The molecule has 0 aliphatic carbocycles. The van der Waals surface area contributed by atoms with Crippen molar-refractivity contribution in [3.05, 3.63) is 33.7 Å². The molecule has 8 heteroatoms. The summed E-state index contributed by atoms with van der Waals surface area (Å²) in [6.07, 6.45) is 1.23. The van der Waals surface area contributed by atoms with Gasteiger partial charge in [-0.3, -0.25) is 0 Å². The number of carbonyl (C=O) groups is 1. The van der Waals surface area contributed by atoms with Gasteiger partial charge < -0.3 is 24.5 Å². The molecule has 1 aromatic carbocycles. The molecule has 1 heterocycles. The van der Waals surface area contributed by atoms with Crippen LogP contribution < -0.4 is 5.32 Å². The van der Waals surface area contributed by atoms with Gasteiger partial charge in [0.2, 0.25) is 0 Å². The fourth-order valence-electron chi connectivity index (χ4n) is 2.53. The van der Waals surface area contributed by atoms with Crippen LogP contribution in [0.1, 0.15) is 54.0 Å². The first-order valence-corrected chi connectivity index (χ1v) is 10.0. The highest BCUT2D eigenvalue weighted by Crippen LogP contribution is 2.39. The number of nitrogens with one attached hydrogen (secondary N) is 1. The average molecular weight is 454 g/mol. The van der Waals surface area contributed by atoms with Crippen LogP contribution in [0.25, 0.3) is 6.08 Å². The minimum atomic E-state index is -0.668. The van der Waals surface area contributed by atoms with E-state index in [0.29, 0.717) is 11.0 Å². The molecule has 0 atom stereocenters. The molecule has 28 heavy (non-hydrogen) atoms. The summed E-state index contributed by atoms with van der Waals surface area (Å²) in [7, 11) is -0.668. The third-order valence-corrected chi connectivity index (χ3v) is 5.22. The Balaban J connectivity index is 2.30. The summed E-state index contributed by atoms with van der Waals surface area (Å²) in [5.74, 6) is 0.120. The summed E-state index contributed by atoms with van der Waals surface area (Å²) in [5.41, 5.74) is -0.395. The van der Waals surface area contributed by atoms with Gasteiger partial charge in [-0.05, 0) is 72.1 Å². The van der Waals surface area contributed by atoms with Gasteiger partial charge in [-0.1, -0.05) is 22.0 Å². The third kappa shape index (κ3) is 5.75. The molecule has 1 aliphatic rings. The Morgan fingerprint density at radius 2 is 1.82 bits per heavy atom. The topological polar surface area (TPSA) is 77.0 Å². The number of hydrogen-bond donors (Lipinski definition) is 2. The Morgan fingerprint density at radius 3 is 2.36 bits per heavy atom. The highest BCUT2D eigenvalue weighted by Gasteiger charge is 2.52. The number of carbonyl (C=O) groups excluding carboxylic acids is 1. The first-order valence-electron chi connectivity index (χ1n) is 9.22. The van der Waals surface area contributed by atoms with E-state index in [2.05, 4.69) is 21.2 Å². The Hall–Kier alpha value is -1.51. The Bertz CT molecular complexity index is 754. The van der Waals surface area contributed by atoms with Crippen LogP contribution in [0.4, 0.5) is 4.79 Å². The van der Waals surface area contributed by atoms with E-state index in [1.165, 1.54) is 0 Å². The zero-order chi connectivity index (χ0) is 21.3. The summed E-state index contributed by atoms with van der Waals surface area (Å²) in [5, 5.41) is 12.9. The molecule has 1 aromatic rings. The van der Waals surface area contributed by atoms with Crippen molar-refractivity contribution >= 4 is 35.2 Å². The zero-order valence-corrected chi connectivity index (χ0v) is 19.1. The van der Waals surface area contributed by atoms with Gasteiger partial charge in [-0.2, -0.15) is 0 Å². The normalized spacial score (nSPS) is 18.9. The van der Waals surface area contributed by atoms with Crippen molar-refractivity contribution in [3.63, 3.8) is 0 Å². The number of phenolic OH excluding ortho intramolecular Hbond substituents is 1. The van der Waals surface area contributed by atoms with E-state index in [9.17, 15) is 9.90 Å². The molecule has 154 valence electrons. The largest absolute Gasteiger partial charge is 0.507 e. The number of phenols is 1. The van der Waals surface area contributed by atoms with Crippen molar-refractivity contribution < 1.29 is 23.9 Å². The van der Waals surface area contributed by atoms with E-state index in [-0.39, 0.29) is 12.3 Å². The van der Waals surface area contributed by atoms with E-state index in [1.807, 2.05) is 27.7 Å². The maximum absolute atomic E-state index is 12.1. The highest BCUT2D eigenvalue weighted by atomic mass is 79.9. The van der Waals surface area contributed by atoms with E-state index in [4.69, 9.17) is 14.0 Å². The number of ether oxygens (including phenoxy) is 1. The third-order valence-electron chi connectivity index (χ3n) is 4.72. The van der Waals surface area contributed by atoms with Crippen molar-refractivity contribution in [2.45, 2.75) is 65.3 Å². The smallest absolute Gasteiger partial charge is 0.492 e. The number of benzene rings is 1. The monoisotopic (exact) mass is 453 g/mol. The summed E-state index contributed by atoms with van der Waals surface area (Å²) >= 11 is 3.41. The van der Waals surface area contributed by atoms with Crippen molar-refractivity contribution in [1.29, 1.82) is 0 Å². The SMILES string of the molecule is CC(C)(C)OC(=O)NCC(=Cc1cc(Br)ccc1O)B1OC(C)(C)C(C)(C)O1. The van der Waals surface area contributed by atoms with Gasteiger partial charge in [-0.15, -0.1) is 0 Å². The van der Waals surface area contributed by atoms with Crippen LogP contribution in [0.15, 0.2) is 28.1 Å². The average Bonchev–Trinajstić information content (AvgIpc) is 2.73. The molecule has 0 unspecified atom stereocenters. The summed E-state index contributed by atoms with van der Waals surface area (Å²) in [6.45, 7) is 13.4. The van der Waals surface area contributed by atoms with Crippen molar-refractivity contribution in [1.82, 2.24) is 5.32 Å². The second-order valence-corrected chi connectivity index (χ2v) is 9.78. The molecule has 0 radical (unpaired) electrons. The highest BCUT2D eigenvalue weighted by molar-refractivity contribution is 9.10. The Kier molecular flexibility index (Phi) is 6.58. The van der Waals surface area contributed by atoms with Crippen LogP contribution in [0.5, 0.6) is 5.75 Å². The quantitative estimate of drug-likeness (QED) is 0.646. The predicted molar refractivity (Wildman–Crippen MR) is 114 cm³/mol. The molecule has 2 N–H and O–H groups in total. The molecule has 1 saturated heterocycles. The fourth-order valence-corrected chi connectivity index (χ4v) is 2.90. The lowest BCUT2D eigenvalue weighted by atomic mass is 9.77. The molecule has 1 amide bonds. The molecule has 0 bridgehead atoms. The lowest BCUT2D eigenvalue weighted by Crippen LogP contribution is -2.41. The summed E-state index contributed by atoms with van der Waals surface area (Å²) in [6, 6.07) is 5.13. The van der Waals surface area contributed by atoms with Gasteiger partial charge in [0.25, 0.3) is 0 Å². The molecule has 0 saturated carbocycles. The minimum absolute atomic E-state index is 0.120. The molecule has 1 aliphatic heterocycles. The summed E-state index contributed by atoms with van der Waals surface area (Å²) < 4.78 is 18.4. The summed E-state index contributed by atoms with van der Waals surface area (Å²) in [4.78, 5) is 12.1. The van der Waals surface area contributed by atoms with Crippen LogP contribution in [0.2, 0.25) is 0 Å². The van der Waals surface area contributed by atoms with Gasteiger partial charge in [0, 0.05) is 16.6 Å². The standard InChI is InChI=1S/C20H29BBrNO5/c1-18(2,3)26-17(25)23-12-14(10-13-11-15(22)8-9-16(13)24)21-27-19(4,5)20(6,7)28-21/h8-11,24H,12H2,1-7H3,(H,23,25). The van der Waals surface area contributed by atoms with E-state index in [0.717, 1.165) is 4.47 Å². The molecule has 0 spiro atoms. The number of halogens is 1. The zero-order valence-electron chi connectivity index (χ0n) is 17.6.